The van der Waals surface area contributed by atoms with Crippen molar-refractivity contribution in [2.75, 3.05) is 31.6 Å². The van der Waals surface area contributed by atoms with Crippen molar-refractivity contribution in [3.63, 3.8) is 0 Å². The highest BCUT2D eigenvalue weighted by Gasteiger charge is 2.30. The fraction of sp³-hybridized carbons (Fsp3) is 0.250. The van der Waals surface area contributed by atoms with Crippen molar-refractivity contribution >= 4 is 28.9 Å². The number of rotatable bonds is 5. The first-order valence-electron chi connectivity index (χ1n) is 8.69. The SMILES string of the molecule is C=C(c1cc2c(cc1F)OCC(=O)N2)N1CC(COc2ccc(F)cc2Cl)C1. The van der Waals surface area contributed by atoms with Crippen LogP contribution in [0.15, 0.2) is 36.9 Å². The molecule has 0 bridgehead atoms. The lowest BCUT2D eigenvalue weighted by atomic mass is 9.98. The van der Waals surface area contributed by atoms with Crippen molar-refractivity contribution in [3.8, 4) is 11.5 Å². The Morgan fingerprint density at radius 1 is 1.32 bits per heavy atom. The number of nitrogens with zero attached hydrogens (tertiary/aromatic N) is 1. The van der Waals surface area contributed by atoms with E-state index in [2.05, 4.69) is 11.9 Å². The number of ether oxygens (including phenoxy) is 2. The Bertz CT molecular complexity index is 961. The molecule has 0 spiro atoms. The molecular formula is C20H17ClF2N2O3. The van der Waals surface area contributed by atoms with Gasteiger partial charge in [0.25, 0.3) is 5.91 Å². The summed E-state index contributed by atoms with van der Waals surface area (Å²) < 4.78 is 38.4. The number of fused-ring (bicyclic) bond motifs is 1. The van der Waals surface area contributed by atoms with Gasteiger partial charge in [-0.3, -0.25) is 4.79 Å². The highest BCUT2D eigenvalue weighted by atomic mass is 35.5. The quantitative estimate of drug-likeness (QED) is 0.817. The van der Waals surface area contributed by atoms with Crippen LogP contribution < -0.4 is 14.8 Å². The molecule has 0 radical (unpaired) electrons. The molecule has 2 heterocycles. The molecule has 2 aliphatic rings. The van der Waals surface area contributed by atoms with Crippen LogP contribution in [-0.4, -0.2) is 37.1 Å². The maximum Gasteiger partial charge on any atom is 0.262 e. The second-order valence-electron chi connectivity index (χ2n) is 6.77. The first kappa shape index (κ1) is 18.6. The summed E-state index contributed by atoms with van der Waals surface area (Å²) in [5.41, 5.74) is 1.27. The number of hydrogen-bond acceptors (Lipinski definition) is 4. The Morgan fingerprint density at radius 2 is 2.11 bits per heavy atom. The average Bonchev–Trinajstić information content (AvgIpc) is 2.61. The fourth-order valence-corrected chi connectivity index (χ4v) is 3.41. The van der Waals surface area contributed by atoms with E-state index in [4.69, 9.17) is 21.1 Å². The van der Waals surface area contributed by atoms with Crippen LogP contribution in [0.1, 0.15) is 5.56 Å². The lowest BCUT2D eigenvalue weighted by molar-refractivity contribution is -0.118. The van der Waals surface area contributed by atoms with Crippen LogP contribution in [0.2, 0.25) is 5.02 Å². The Labute approximate surface area is 165 Å². The van der Waals surface area contributed by atoms with Gasteiger partial charge in [-0.1, -0.05) is 18.2 Å². The molecule has 28 heavy (non-hydrogen) atoms. The van der Waals surface area contributed by atoms with Crippen LogP contribution in [-0.2, 0) is 4.79 Å². The van der Waals surface area contributed by atoms with E-state index >= 15 is 0 Å². The van der Waals surface area contributed by atoms with E-state index in [1.807, 2.05) is 4.90 Å². The first-order chi connectivity index (χ1) is 13.4. The van der Waals surface area contributed by atoms with E-state index in [0.29, 0.717) is 48.1 Å². The zero-order chi connectivity index (χ0) is 19.8. The molecule has 4 rings (SSSR count). The Balaban J connectivity index is 1.36. The molecular weight excluding hydrogens is 390 g/mol. The summed E-state index contributed by atoms with van der Waals surface area (Å²) in [4.78, 5) is 13.4. The normalized spacial score (nSPS) is 16.0. The number of anilines is 1. The van der Waals surface area contributed by atoms with Crippen LogP contribution in [0, 0.1) is 17.6 Å². The van der Waals surface area contributed by atoms with Crippen molar-refractivity contribution in [1.82, 2.24) is 4.90 Å². The van der Waals surface area contributed by atoms with Crippen LogP contribution in [0.5, 0.6) is 11.5 Å². The molecule has 8 heteroatoms. The summed E-state index contributed by atoms with van der Waals surface area (Å²) in [6.45, 7) is 5.54. The molecule has 1 amide bonds. The van der Waals surface area contributed by atoms with Crippen LogP contribution in [0.4, 0.5) is 14.5 Å². The van der Waals surface area contributed by atoms with Gasteiger partial charge >= 0.3 is 0 Å². The summed E-state index contributed by atoms with van der Waals surface area (Å²) in [7, 11) is 0. The molecule has 2 aliphatic heterocycles. The van der Waals surface area contributed by atoms with Crippen molar-refractivity contribution in [2.24, 2.45) is 5.92 Å². The summed E-state index contributed by atoms with van der Waals surface area (Å²) in [5.74, 6) is -0.218. The molecule has 1 saturated heterocycles. The number of hydrogen-bond donors (Lipinski definition) is 1. The fourth-order valence-electron chi connectivity index (χ4n) is 3.19. The van der Waals surface area contributed by atoms with Gasteiger partial charge in [0.1, 0.15) is 23.1 Å². The van der Waals surface area contributed by atoms with Gasteiger partial charge in [-0.15, -0.1) is 0 Å². The minimum atomic E-state index is -0.460. The third-order valence-corrected chi connectivity index (χ3v) is 5.02. The van der Waals surface area contributed by atoms with Gasteiger partial charge in [0, 0.05) is 36.3 Å². The van der Waals surface area contributed by atoms with Gasteiger partial charge in [0.05, 0.1) is 17.3 Å². The third-order valence-electron chi connectivity index (χ3n) is 4.72. The van der Waals surface area contributed by atoms with Crippen LogP contribution in [0.3, 0.4) is 0 Å². The zero-order valence-electron chi connectivity index (χ0n) is 14.8. The summed E-state index contributed by atoms with van der Waals surface area (Å²) in [6, 6.07) is 6.77. The Hall–Kier alpha value is -2.80. The predicted molar refractivity (Wildman–Crippen MR) is 102 cm³/mol. The second-order valence-corrected chi connectivity index (χ2v) is 7.18. The molecule has 0 unspecified atom stereocenters. The van der Waals surface area contributed by atoms with Gasteiger partial charge in [0.15, 0.2) is 6.61 Å². The molecule has 1 N–H and O–H groups in total. The largest absolute Gasteiger partial charge is 0.492 e. The van der Waals surface area contributed by atoms with Crippen molar-refractivity contribution in [1.29, 1.82) is 0 Å². The van der Waals surface area contributed by atoms with E-state index in [1.165, 1.54) is 30.3 Å². The van der Waals surface area contributed by atoms with E-state index in [0.717, 1.165) is 0 Å². The van der Waals surface area contributed by atoms with E-state index in [-0.39, 0.29) is 23.5 Å². The van der Waals surface area contributed by atoms with Crippen molar-refractivity contribution in [3.05, 3.63) is 59.1 Å². The number of carbonyl (C=O) groups is 1. The first-order valence-corrected chi connectivity index (χ1v) is 9.07. The smallest absolute Gasteiger partial charge is 0.262 e. The Morgan fingerprint density at radius 3 is 2.86 bits per heavy atom. The molecule has 0 atom stereocenters. The van der Waals surface area contributed by atoms with Crippen molar-refractivity contribution in [2.45, 2.75) is 0 Å². The lowest BCUT2D eigenvalue weighted by Crippen LogP contribution is -2.47. The molecule has 2 aromatic carbocycles. The Kier molecular flexibility index (Phi) is 4.85. The topological polar surface area (TPSA) is 50.8 Å². The summed E-state index contributed by atoms with van der Waals surface area (Å²) >= 11 is 5.95. The van der Waals surface area contributed by atoms with Crippen LogP contribution in [0.25, 0.3) is 5.70 Å². The highest BCUT2D eigenvalue weighted by molar-refractivity contribution is 6.32. The minimum Gasteiger partial charge on any atom is -0.492 e. The second kappa shape index (κ2) is 7.31. The molecule has 2 aromatic rings. The number of halogens is 3. The maximum absolute atomic E-state index is 14.4. The third kappa shape index (κ3) is 3.62. The standard InChI is InChI=1S/C20H17ClF2N2O3/c1-11(14-5-17-19(6-16(14)23)28-10-20(26)24-17)25-7-12(8-25)9-27-18-3-2-13(22)4-15(18)21/h2-6,12H,1,7-10H2,(H,24,26). The van der Waals surface area contributed by atoms with Gasteiger partial charge in [-0.05, 0) is 24.3 Å². The minimum absolute atomic E-state index is 0.126. The van der Waals surface area contributed by atoms with Crippen molar-refractivity contribution < 1.29 is 23.0 Å². The number of nitrogens with one attached hydrogen (secondary N) is 1. The van der Waals surface area contributed by atoms with E-state index in [9.17, 15) is 13.6 Å². The maximum atomic E-state index is 14.4. The summed E-state index contributed by atoms with van der Waals surface area (Å²) in [6.07, 6.45) is 0. The van der Waals surface area contributed by atoms with Gasteiger partial charge in [-0.25, -0.2) is 8.78 Å². The van der Waals surface area contributed by atoms with Crippen LogP contribution >= 0.6 is 11.6 Å². The lowest BCUT2D eigenvalue weighted by Gasteiger charge is -2.42. The van der Waals surface area contributed by atoms with Gasteiger partial charge < -0.3 is 19.7 Å². The van der Waals surface area contributed by atoms with Gasteiger partial charge in [0.2, 0.25) is 0 Å². The molecule has 1 fully saturated rings. The number of carbonyl (C=O) groups excluding carboxylic acids is 1. The summed E-state index contributed by atoms with van der Waals surface area (Å²) in [5, 5.41) is 2.89. The average molecular weight is 407 g/mol. The molecule has 0 aromatic heterocycles. The number of likely N-dealkylation sites (tertiary alicyclic amines) is 1. The zero-order valence-corrected chi connectivity index (χ0v) is 15.6. The molecule has 0 saturated carbocycles. The highest BCUT2D eigenvalue weighted by Crippen LogP contribution is 2.36. The van der Waals surface area contributed by atoms with E-state index in [1.54, 1.807) is 0 Å². The number of amides is 1. The monoisotopic (exact) mass is 406 g/mol. The number of benzene rings is 2. The van der Waals surface area contributed by atoms with E-state index < -0.39 is 11.6 Å². The molecule has 0 aliphatic carbocycles. The van der Waals surface area contributed by atoms with Gasteiger partial charge in [-0.2, -0.15) is 0 Å². The predicted octanol–water partition coefficient (Wildman–Crippen LogP) is 3.93. The molecule has 146 valence electrons. The molecule has 5 nitrogen and oxygen atoms in total.